The van der Waals surface area contributed by atoms with Gasteiger partial charge in [-0.2, -0.15) is 5.10 Å². The van der Waals surface area contributed by atoms with Gasteiger partial charge in [-0.25, -0.2) is 9.18 Å². The lowest BCUT2D eigenvalue weighted by Gasteiger charge is -2.30. The minimum Gasteiger partial charge on any atom is -0.496 e. The second-order valence-corrected chi connectivity index (χ2v) is 8.08. The van der Waals surface area contributed by atoms with Crippen molar-refractivity contribution in [2.75, 3.05) is 45.9 Å². The van der Waals surface area contributed by atoms with Crippen molar-refractivity contribution in [3.8, 4) is 5.75 Å². The van der Waals surface area contributed by atoms with Crippen LogP contribution in [0.1, 0.15) is 35.7 Å². The summed E-state index contributed by atoms with van der Waals surface area (Å²) in [6, 6.07) is 3.47. The number of nitrogens with one attached hydrogen (secondary N) is 1. The van der Waals surface area contributed by atoms with E-state index in [2.05, 4.69) is 10.00 Å². The van der Waals surface area contributed by atoms with E-state index in [0.717, 1.165) is 49.6 Å². The summed E-state index contributed by atoms with van der Waals surface area (Å²) in [6.07, 6.45) is 2.54. The quantitative estimate of drug-likeness (QED) is 0.805. The lowest BCUT2D eigenvalue weighted by atomic mass is 10.0. The zero-order chi connectivity index (χ0) is 22.1. The minimum absolute atomic E-state index is 0.110. The molecule has 0 atom stereocenters. The Labute approximate surface area is 181 Å². The third kappa shape index (κ3) is 3.94. The second-order valence-electron chi connectivity index (χ2n) is 8.08. The van der Waals surface area contributed by atoms with Crippen molar-refractivity contribution in [2.45, 2.75) is 38.8 Å². The van der Waals surface area contributed by atoms with Gasteiger partial charge in [0.15, 0.2) is 5.82 Å². The van der Waals surface area contributed by atoms with Crippen molar-refractivity contribution in [3.63, 3.8) is 0 Å². The van der Waals surface area contributed by atoms with Crippen LogP contribution >= 0.6 is 0 Å². The highest BCUT2D eigenvalue weighted by Gasteiger charge is 2.32. The maximum absolute atomic E-state index is 14.5. The molecule has 0 bridgehead atoms. The van der Waals surface area contributed by atoms with Gasteiger partial charge >= 0.3 is 6.03 Å². The van der Waals surface area contributed by atoms with Gasteiger partial charge in [0.25, 0.3) is 0 Å². The Morgan fingerprint density at radius 2 is 2.10 bits per heavy atom. The monoisotopic (exact) mass is 431 g/mol. The van der Waals surface area contributed by atoms with E-state index < -0.39 is 0 Å². The zero-order valence-corrected chi connectivity index (χ0v) is 18.6. The van der Waals surface area contributed by atoms with Crippen LogP contribution in [0, 0.1) is 12.7 Å². The number of halogens is 1. The molecule has 2 aromatic rings. The lowest BCUT2D eigenvalue weighted by molar-refractivity contribution is 0.0651. The lowest BCUT2D eigenvalue weighted by Crippen LogP contribution is -2.41. The summed E-state index contributed by atoms with van der Waals surface area (Å²) in [5, 5.41) is 7.69. The molecule has 1 aromatic carbocycles. The van der Waals surface area contributed by atoms with Crippen LogP contribution in [0.4, 0.5) is 20.7 Å². The first-order valence-electron chi connectivity index (χ1n) is 10.7. The summed E-state index contributed by atoms with van der Waals surface area (Å²) in [7, 11) is 5.05. The molecule has 1 saturated heterocycles. The van der Waals surface area contributed by atoms with E-state index in [1.54, 1.807) is 18.9 Å². The number of carbonyl (C=O) groups is 1. The number of methoxy groups -OCH3 is 1. The maximum atomic E-state index is 14.5. The molecule has 0 radical (unpaired) electrons. The third-order valence-electron chi connectivity index (χ3n) is 6.31. The zero-order valence-electron chi connectivity index (χ0n) is 18.6. The highest BCUT2D eigenvalue weighted by molar-refractivity contribution is 5.75. The Balaban J connectivity index is 1.77. The molecular weight excluding hydrogens is 401 g/mol. The number of fused-ring (bicyclic) bond motifs is 1. The van der Waals surface area contributed by atoms with E-state index in [1.807, 2.05) is 18.0 Å². The number of nitrogens with zero attached hydrogens (tertiary/aromatic N) is 4. The van der Waals surface area contributed by atoms with Gasteiger partial charge in [-0.3, -0.25) is 4.68 Å². The van der Waals surface area contributed by atoms with Crippen LogP contribution in [0.3, 0.4) is 0 Å². The first kappa shape index (κ1) is 21.4. The largest absolute Gasteiger partial charge is 0.496 e. The van der Waals surface area contributed by atoms with E-state index in [1.165, 1.54) is 13.2 Å². The van der Waals surface area contributed by atoms with Gasteiger partial charge < -0.3 is 24.6 Å². The third-order valence-corrected chi connectivity index (χ3v) is 6.31. The fourth-order valence-electron chi connectivity index (χ4n) is 4.43. The number of hydrogen-bond acceptors (Lipinski definition) is 5. The summed E-state index contributed by atoms with van der Waals surface area (Å²) in [6.45, 7) is 4.23. The first-order chi connectivity index (χ1) is 14.9. The molecule has 8 nitrogen and oxygen atoms in total. The molecule has 0 unspecified atom stereocenters. The fraction of sp³-hybridized carbons (Fsp3) is 0.545. The number of hydrogen-bond donors (Lipinski definition) is 1. The van der Waals surface area contributed by atoms with Gasteiger partial charge in [-0.1, -0.05) is 0 Å². The van der Waals surface area contributed by atoms with Crippen molar-refractivity contribution in [2.24, 2.45) is 0 Å². The highest BCUT2D eigenvalue weighted by Crippen LogP contribution is 2.37. The number of anilines is 2. The van der Waals surface area contributed by atoms with E-state index in [-0.39, 0.29) is 17.9 Å². The fourth-order valence-corrected chi connectivity index (χ4v) is 4.43. The summed E-state index contributed by atoms with van der Waals surface area (Å²) in [5.74, 6) is 0.901. The summed E-state index contributed by atoms with van der Waals surface area (Å²) in [4.78, 5) is 16.0. The van der Waals surface area contributed by atoms with Crippen LogP contribution in [0.15, 0.2) is 12.1 Å². The number of rotatable bonds is 4. The number of aromatic nitrogens is 2. The van der Waals surface area contributed by atoms with Crippen molar-refractivity contribution in [1.29, 1.82) is 0 Å². The van der Waals surface area contributed by atoms with Crippen LogP contribution in [-0.4, -0.2) is 61.7 Å². The molecule has 168 valence electrons. The normalized spacial score (nSPS) is 16.7. The molecular formula is C22H30FN5O3. The molecule has 4 rings (SSSR count). The molecule has 1 fully saturated rings. The van der Waals surface area contributed by atoms with Gasteiger partial charge in [0.05, 0.1) is 19.7 Å². The van der Waals surface area contributed by atoms with Crippen molar-refractivity contribution < 1.29 is 18.7 Å². The topological polar surface area (TPSA) is 71.9 Å². The van der Waals surface area contributed by atoms with Gasteiger partial charge in [0, 0.05) is 68.8 Å². The van der Waals surface area contributed by atoms with Crippen LogP contribution in [0.5, 0.6) is 5.75 Å². The Morgan fingerprint density at radius 3 is 2.77 bits per heavy atom. The van der Waals surface area contributed by atoms with Crippen LogP contribution in [0.25, 0.3) is 0 Å². The first-order valence-corrected chi connectivity index (χ1v) is 10.7. The molecule has 9 heteroatoms. The Morgan fingerprint density at radius 1 is 1.35 bits per heavy atom. The van der Waals surface area contributed by atoms with Crippen molar-refractivity contribution in [1.82, 2.24) is 20.0 Å². The summed E-state index contributed by atoms with van der Waals surface area (Å²) in [5.41, 5.74) is 3.27. The SMILES string of the molecule is CNC(=O)N1CCc2c(c(N(C)c3cc(F)c(C)c(OC)c3)nn2C2CCOCC2)C1. The molecule has 1 aromatic heterocycles. The molecule has 2 aliphatic heterocycles. The molecule has 31 heavy (non-hydrogen) atoms. The minimum atomic E-state index is -0.328. The van der Waals surface area contributed by atoms with Gasteiger partial charge in [-0.05, 0) is 25.8 Å². The Kier molecular flexibility index (Phi) is 6.04. The molecule has 3 heterocycles. The maximum Gasteiger partial charge on any atom is 0.317 e. The molecule has 2 amide bonds. The average Bonchev–Trinajstić information content (AvgIpc) is 3.19. The number of urea groups is 1. The van der Waals surface area contributed by atoms with Crippen LogP contribution in [0.2, 0.25) is 0 Å². The van der Waals surface area contributed by atoms with Gasteiger partial charge in [0.2, 0.25) is 0 Å². The van der Waals surface area contributed by atoms with Gasteiger partial charge in [-0.15, -0.1) is 0 Å². The molecule has 1 N–H and O–H groups in total. The average molecular weight is 432 g/mol. The van der Waals surface area contributed by atoms with E-state index >= 15 is 0 Å². The number of ether oxygens (including phenoxy) is 2. The molecule has 0 spiro atoms. The van der Waals surface area contributed by atoms with Crippen molar-refractivity contribution in [3.05, 3.63) is 34.8 Å². The molecule has 0 saturated carbocycles. The smallest absolute Gasteiger partial charge is 0.317 e. The molecule has 2 aliphatic rings. The predicted molar refractivity (Wildman–Crippen MR) is 116 cm³/mol. The van der Waals surface area contributed by atoms with Gasteiger partial charge in [0.1, 0.15) is 11.6 Å². The Hall–Kier alpha value is -2.81. The standard InChI is InChI=1S/C22H30FN5O3/c1-14-18(23)11-16(12-20(14)30-4)26(3)21-17-13-27(22(29)24-2)8-5-19(17)28(25-21)15-6-9-31-10-7-15/h11-12,15H,5-10,13H2,1-4H3,(H,24,29). The van der Waals surface area contributed by atoms with Crippen molar-refractivity contribution >= 4 is 17.5 Å². The van der Waals surface area contributed by atoms with E-state index in [4.69, 9.17) is 14.6 Å². The number of benzene rings is 1. The highest BCUT2D eigenvalue weighted by atomic mass is 19.1. The second kappa shape index (κ2) is 8.74. The number of amides is 2. The predicted octanol–water partition coefficient (Wildman–Crippen LogP) is 3.16. The van der Waals surface area contributed by atoms with E-state index in [0.29, 0.717) is 30.1 Å². The number of carbonyl (C=O) groups excluding carboxylic acids is 1. The Bertz CT molecular complexity index is 971. The van der Waals surface area contributed by atoms with E-state index in [9.17, 15) is 9.18 Å². The van der Waals surface area contributed by atoms with Crippen LogP contribution in [-0.2, 0) is 17.7 Å². The van der Waals surface area contributed by atoms with Crippen LogP contribution < -0.4 is 15.0 Å². The molecule has 0 aliphatic carbocycles. The summed E-state index contributed by atoms with van der Waals surface area (Å²) >= 11 is 0. The summed E-state index contributed by atoms with van der Waals surface area (Å²) < 4.78 is 27.6.